The van der Waals surface area contributed by atoms with Crippen LogP contribution in [0.2, 0.25) is 5.02 Å². The number of carbonyl (C=O) groups excluding carboxylic acids is 1. The van der Waals surface area contributed by atoms with Gasteiger partial charge in [-0.15, -0.1) is 0 Å². The largest absolute Gasteiger partial charge is 0.495 e. The minimum atomic E-state index is -0.469. The lowest BCUT2D eigenvalue weighted by molar-refractivity contribution is 0.00578. The molecule has 1 aliphatic rings. The van der Waals surface area contributed by atoms with E-state index in [9.17, 15) is 4.79 Å². The number of hydrogen-bond acceptors (Lipinski definition) is 3. The molecule has 3 rings (SSSR count). The van der Waals surface area contributed by atoms with E-state index in [1.807, 2.05) is 52.8 Å². The van der Waals surface area contributed by atoms with Crippen molar-refractivity contribution in [1.82, 2.24) is 0 Å². The Morgan fingerprint density at radius 2 is 1.69 bits per heavy atom. The Hall–Kier alpha value is -1.82. The van der Waals surface area contributed by atoms with Crippen molar-refractivity contribution in [3.63, 3.8) is 0 Å². The summed E-state index contributed by atoms with van der Waals surface area (Å²) < 4.78 is 12.3. The number of rotatable bonds is 3. The fourth-order valence-electron chi connectivity index (χ4n) is 2.78. The van der Waals surface area contributed by atoms with Gasteiger partial charge in [0.25, 0.3) is 5.91 Å². The molecule has 26 heavy (non-hydrogen) atoms. The first-order valence-electron chi connectivity index (χ1n) is 8.62. The van der Waals surface area contributed by atoms with E-state index in [-0.39, 0.29) is 5.91 Å². The smallest absolute Gasteiger partial charge is 0.399 e. The van der Waals surface area contributed by atoms with Crippen LogP contribution in [0.15, 0.2) is 42.5 Å². The second-order valence-corrected chi connectivity index (χ2v) is 8.06. The first kappa shape index (κ1) is 19.0. The van der Waals surface area contributed by atoms with Gasteiger partial charge in [0.15, 0.2) is 0 Å². The first-order valence-corrected chi connectivity index (χ1v) is 9.00. The van der Waals surface area contributed by atoms with E-state index in [2.05, 4.69) is 5.32 Å². The van der Waals surface area contributed by atoms with Crippen LogP contribution in [-0.4, -0.2) is 24.2 Å². The monoisotopic (exact) mass is 371 g/mol. The standard InChI is InChI=1S/C20H23BClNO3/c1-13-9-10-16(23-18(24)14-7-6-8-15(22)11-14)12-17(13)21-25-19(2,3)20(4,5)26-21/h6-12H,1-5H3,(H,23,24). The van der Waals surface area contributed by atoms with Gasteiger partial charge >= 0.3 is 7.12 Å². The van der Waals surface area contributed by atoms with Crippen molar-refractivity contribution in [2.24, 2.45) is 0 Å². The Bertz CT molecular complexity index is 835. The number of nitrogens with one attached hydrogen (secondary N) is 1. The molecule has 2 aromatic rings. The molecular formula is C20H23BClNO3. The molecule has 1 fully saturated rings. The lowest BCUT2D eigenvalue weighted by Gasteiger charge is -2.32. The minimum absolute atomic E-state index is 0.212. The van der Waals surface area contributed by atoms with Gasteiger partial charge in [-0.1, -0.05) is 29.3 Å². The molecule has 136 valence electrons. The number of aryl methyl sites for hydroxylation is 1. The van der Waals surface area contributed by atoms with Gasteiger partial charge in [-0.3, -0.25) is 4.79 Å². The van der Waals surface area contributed by atoms with Crippen molar-refractivity contribution in [1.29, 1.82) is 0 Å². The lowest BCUT2D eigenvalue weighted by Crippen LogP contribution is -2.41. The molecule has 6 heteroatoms. The second-order valence-electron chi connectivity index (χ2n) is 7.62. The van der Waals surface area contributed by atoms with Crippen LogP contribution in [0.25, 0.3) is 0 Å². The van der Waals surface area contributed by atoms with Crippen molar-refractivity contribution in [2.75, 3.05) is 5.32 Å². The number of benzene rings is 2. The highest BCUT2D eigenvalue weighted by Crippen LogP contribution is 2.36. The van der Waals surface area contributed by atoms with Crippen LogP contribution in [-0.2, 0) is 9.31 Å². The molecule has 0 atom stereocenters. The normalized spacial score (nSPS) is 18.0. The molecule has 4 nitrogen and oxygen atoms in total. The summed E-state index contributed by atoms with van der Waals surface area (Å²) in [5, 5.41) is 3.44. The molecule has 0 radical (unpaired) electrons. The molecule has 0 aliphatic carbocycles. The van der Waals surface area contributed by atoms with E-state index in [0.29, 0.717) is 16.3 Å². The molecule has 1 N–H and O–H groups in total. The Balaban J connectivity index is 1.84. The predicted molar refractivity (Wildman–Crippen MR) is 106 cm³/mol. The van der Waals surface area contributed by atoms with Crippen molar-refractivity contribution in [3.05, 3.63) is 58.6 Å². The highest BCUT2D eigenvalue weighted by atomic mass is 35.5. The quantitative estimate of drug-likeness (QED) is 0.823. The van der Waals surface area contributed by atoms with Crippen LogP contribution in [0.5, 0.6) is 0 Å². The maximum atomic E-state index is 12.5. The Kier molecular flexibility index (Phi) is 4.91. The fraction of sp³-hybridized carbons (Fsp3) is 0.350. The molecule has 0 spiro atoms. The van der Waals surface area contributed by atoms with Gasteiger partial charge in [-0.05, 0) is 70.4 Å². The molecule has 1 amide bonds. The second kappa shape index (κ2) is 6.73. The van der Waals surface area contributed by atoms with Crippen LogP contribution in [0.4, 0.5) is 5.69 Å². The van der Waals surface area contributed by atoms with Crippen LogP contribution < -0.4 is 10.8 Å². The third-order valence-corrected chi connectivity index (χ3v) is 5.37. The number of hydrogen-bond donors (Lipinski definition) is 1. The molecule has 0 bridgehead atoms. The van der Waals surface area contributed by atoms with E-state index in [4.69, 9.17) is 20.9 Å². The van der Waals surface area contributed by atoms with Crippen molar-refractivity contribution in [3.8, 4) is 0 Å². The van der Waals surface area contributed by atoms with Crippen LogP contribution in [0.3, 0.4) is 0 Å². The Labute approximate surface area is 160 Å². The van der Waals surface area contributed by atoms with Gasteiger partial charge in [0, 0.05) is 16.3 Å². The van der Waals surface area contributed by atoms with Crippen molar-refractivity contribution in [2.45, 2.75) is 45.8 Å². The molecule has 0 saturated carbocycles. The summed E-state index contributed by atoms with van der Waals surface area (Å²) in [6, 6.07) is 12.6. The maximum Gasteiger partial charge on any atom is 0.495 e. The minimum Gasteiger partial charge on any atom is -0.399 e. The van der Waals surface area contributed by atoms with E-state index in [1.165, 1.54) is 0 Å². The topological polar surface area (TPSA) is 47.6 Å². The van der Waals surface area contributed by atoms with Gasteiger partial charge in [-0.25, -0.2) is 0 Å². The summed E-state index contributed by atoms with van der Waals surface area (Å²) >= 11 is 5.96. The highest BCUT2D eigenvalue weighted by molar-refractivity contribution is 6.62. The number of anilines is 1. The van der Waals surface area contributed by atoms with Gasteiger partial charge in [-0.2, -0.15) is 0 Å². The number of carbonyl (C=O) groups is 1. The lowest BCUT2D eigenvalue weighted by atomic mass is 9.76. The summed E-state index contributed by atoms with van der Waals surface area (Å²) in [6.07, 6.45) is 0. The summed E-state index contributed by atoms with van der Waals surface area (Å²) in [5.74, 6) is -0.212. The number of halogens is 1. The van der Waals surface area contributed by atoms with E-state index in [1.54, 1.807) is 24.3 Å². The Morgan fingerprint density at radius 1 is 1.04 bits per heavy atom. The van der Waals surface area contributed by atoms with Gasteiger partial charge in [0.05, 0.1) is 11.2 Å². The van der Waals surface area contributed by atoms with Crippen LogP contribution in [0.1, 0.15) is 43.6 Å². The average molecular weight is 372 g/mol. The van der Waals surface area contributed by atoms with Gasteiger partial charge in [0.1, 0.15) is 0 Å². The summed E-state index contributed by atoms with van der Waals surface area (Å²) in [5.41, 5.74) is 2.33. The molecule has 1 heterocycles. The third-order valence-electron chi connectivity index (χ3n) is 5.13. The summed E-state index contributed by atoms with van der Waals surface area (Å²) in [6.45, 7) is 10.1. The zero-order valence-corrected chi connectivity index (χ0v) is 16.5. The Morgan fingerprint density at radius 3 is 2.31 bits per heavy atom. The molecule has 0 aromatic heterocycles. The van der Waals surface area contributed by atoms with Crippen LogP contribution >= 0.6 is 11.6 Å². The molecule has 1 aliphatic heterocycles. The van der Waals surface area contributed by atoms with Gasteiger partial charge in [0.2, 0.25) is 0 Å². The van der Waals surface area contributed by atoms with E-state index >= 15 is 0 Å². The van der Waals surface area contributed by atoms with E-state index in [0.717, 1.165) is 11.0 Å². The first-order chi connectivity index (χ1) is 12.1. The summed E-state index contributed by atoms with van der Waals surface area (Å²) in [4.78, 5) is 12.5. The van der Waals surface area contributed by atoms with E-state index < -0.39 is 18.3 Å². The molecular weight excluding hydrogens is 348 g/mol. The molecule has 2 aromatic carbocycles. The SMILES string of the molecule is Cc1ccc(NC(=O)c2cccc(Cl)c2)cc1B1OC(C)(C)C(C)(C)O1. The van der Waals surface area contributed by atoms with Gasteiger partial charge < -0.3 is 14.6 Å². The van der Waals surface area contributed by atoms with Crippen LogP contribution in [0, 0.1) is 6.92 Å². The fourth-order valence-corrected chi connectivity index (χ4v) is 2.97. The zero-order valence-electron chi connectivity index (χ0n) is 15.7. The number of amides is 1. The predicted octanol–water partition coefficient (Wildman–Crippen LogP) is 4.20. The van der Waals surface area contributed by atoms with Crippen molar-refractivity contribution < 1.29 is 14.1 Å². The summed E-state index contributed by atoms with van der Waals surface area (Å²) in [7, 11) is -0.469. The highest BCUT2D eigenvalue weighted by Gasteiger charge is 2.52. The average Bonchev–Trinajstić information content (AvgIpc) is 2.77. The molecule has 1 saturated heterocycles. The zero-order chi connectivity index (χ0) is 19.1. The third kappa shape index (κ3) is 3.66. The molecule has 0 unspecified atom stereocenters. The maximum absolute atomic E-state index is 12.5. The van der Waals surface area contributed by atoms with Crippen molar-refractivity contribution >= 4 is 35.8 Å².